The SMILES string of the molecule is O=C(C[C@]1(c2ccc(-c3ccc(OCC(=O)NC4CC4)cc3)s2)CCCCS1(=O)=O)NOC1CCCCO1. The van der Waals surface area contributed by atoms with E-state index >= 15 is 0 Å². The number of ether oxygens (including phenoxy) is 2. The van der Waals surface area contributed by atoms with Crippen LogP contribution in [0.4, 0.5) is 0 Å². The molecular weight excluding hydrogens is 528 g/mol. The normalized spacial score (nSPS) is 24.9. The number of hydroxylamine groups is 1. The summed E-state index contributed by atoms with van der Waals surface area (Å²) < 4.78 is 36.7. The zero-order valence-electron chi connectivity index (χ0n) is 21.3. The first-order chi connectivity index (χ1) is 18.3. The quantitative estimate of drug-likeness (QED) is 0.422. The average Bonchev–Trinajstić information content (AvgIpc) is 3.59. The number of sulfone groups is 1. The number of nitrogens with one attached hydrogen (secondary N) is 2. The summed E-state index contributed by atoms with van der Waals surface area (Å²) in [5, 5.41) is 2.89. The lowest BCUT2D eigenvalue weighted by Gasteiger charge is -2.35. The molecule has 2 saturated heterocycles. The molecule has 1 unspecified atom stereocenters. The van der Waals surface area contributed by atoms with Crippen molar-refractivity contribution in [2.45, 2.75) is 74.9 Å². The first-order valence-corrected chi connectivity index (χ1v) is 15.7. The predicted octanol–water partition coefficient (Wildman–Crippen LogP) is 3.83. The molecule has 2 aromatic rings. The topological polar surface area (TPSA) is 120 Å². The van der Waals surface area contributed by atoms with Crippen LogP contribution in [0.25, 0.3) is 10.4 Å². The molecule has 206 valence electrons. The highest BCUT2D eigenvalue weighted by Gasteiger charge is 2.49. The van der Waals surface area contributed by atoms with Gasteiger partial charge < -0.3 is 14.8 Å². The van der Waals surface area contributed by atoms with Crippen LogP contribution in [-0.4, -0.2) is 51.5 Å². The van der Waals surface area contributed by atoms with Gasteiger partial charge in [-0.1, -0.05) is 6.42 Å². The maximum Gasteiger partial charge on any atom is 0.258 e. The van der Waals surface area contributed by atoms with Gasteiger partial charge in [0.15, 0.2) is 22.7 Å². The second-order valence-corrected chi connectivity index (χ2v) is 13.7. The molecule has 9 nitrogen and oxygen atoms in total. The van der Waals surface area contributed by atoms with Crippen molar-refractivity contribution in [1.29, 1.82) is 0 Å². The molecule has 1 aromatic heterocycles. The van der Waals surface area contributed by atoms with E-state index in [0.29, 0.717) is 42.5 Å². The maximum atomic E-state index is 13.4. The first kappa shape index (κ1) is 27.1. The third-order valence-corrected chi connectivity index (χ3v) is 11.3. The van der Waals surface area contributed by atoms with Crippen molar-refractivity contribution in [3.05, 3.63) is 41.3 Å². The lowest BCUT2D eigenvalue weighted by atomic mass is 9.94. The Balaban J connectivity index is 1.27. The van der Waals surface area contributed by atoms with E-state index in [1.54, 1.807) is 12.1 Å². The standard InChI is InChI=1S/C27H34N2O7S2/c30-24(29-36-26-5-1-3-15-34-26)17-27(14-2-4-16-38(27,32)33)23-13-12-22(37-23)19-6-10-21(11-7-19)35-18-25(31)28-20-8-9-20/h6-7,10-13,20,26H,1-5,8-9,14-18H2,(H,28,31)(H,29,30)/t26?,27-/m0/s1. The van der Waals surface area contributed by atoms with Gasteiger partial charge >= 0.3 is 0 Å². The molecule has 3 fully saturated rings. The van der Waals surface area contributed by atoms with Crippen LogP contribution >= 0.6 is 11.3 Å². The summed E-state index contributed by atoms with van der Waals surface area (Å²) >= 11 is 1.39. The van der Waals surface area contributed by atoms with Crippen LogP contribution in [0, 0.1) is 0 Å². The van der Waals surface area contributed by atoms with Crippen molar-refractivity contribution in [3.8, 4) is 16.2 Å². The van der Waals surface area contributed by atoms with Crippen molar-refractivity contribution in [1.82, 2.24) is 10.8 Å². The molecular formula is C27H34N2O7S2. The van der Waals surface area contributed by atoms with E-state index in [2.05, 4.69) is 10.8 Å². The maximum absolute atomic E-state index is 13.4. The van der Waals surface area contributed by atoms with Gasteiger partial charge in [-0.15, -0.1) is 11.3 Å². The summed E-state index contributed by atoms with van der Waals surface area (Å²) in [4.78, 5) is 31.8. The van der Waals surface area contributed by atoms with Gasteiger partial charge in [-0.2, -0.15) is 0 Å². The largest absolute Gasteiger partial charge is 0.484 e. The summed E-state index contributed by atoms with van der Waals surface area (Å²) in [6.07, 6.45) is 5.68. The predicted molar refractivity (Wildman–Crippen MR) is 143 cm³/mol. The fourth-order valence-corrected chi connectivity index (χ4v) is 8.73. The number of hydrogen-bond donors (Lipinski definition) is 2. The summed E-state index contributed by atoms with van der Waals surface area (Å²) in [5.41, 5.74) is 3.35. The molecule has 0 spiro atoms. The van der Waals surface area contributed by atoms with Gasteiger partial charge in [-0.05, 0) is 80.5 Å². The second kappa shape index (κ2) is 11.7. The molecule has 11 heteroatoms. The van der Waals surface area contributed by atoms with E-state index in [-0.39, 0.29) is 24.7 Å². The van der Waals surface area contributed by atoms with Crippen molar-refractivity contribution in [2.75, 3.05) is 19.0 Å². The summed E-state index contributed by atoms with van der Waals surface area (Å²) in [5.74, 6) is 0.0490. The minimum Gasteiger partial charge on any atom is -0.484 e. The van der Waals surface area contributed by atoms with Crippen LogP contribution in [0.5, 0.6) is 5.75 Å². The molecule has 3 heterocycles. The van der Waals surface area contributed by atoms with Gasteiger partial charge in [0.25, 0.3) is 5.91 Å². The van der Waals surface area contributed by atoms with E-state index in [1.807, 2.05) is 24.3 Å². The van der Waals surface area contributed by atoms with Gasteiger partial charge in [-0.25, -0.2) is 18.7 Å². The number of carbonyl (C=O) groups is 2. The summed E-state index contributed by atoms with van der Waals surface area (Å²) in [6, 6.07) is 11.4. The number of thiophene rings is 1. The average molecular weight is 563 g/mol. The van der Waals surface area contributed by atoms with Crippen molar-refractivity contribution >= 4 is 33.0 Å². The smallest absolute Gasteiger partial charge is 0.258 e. The molecule has 3 aliphatic rings. The lowest BCUT2D eigenvalue weighted by Crippen LogP contribution is -2.45. The number of hydrogen-bond acceptors (Lipinski definition) is 8. The Morgan fingerprint density at radius 2 is 1.82 bits per heavy atom. The monoisotopic (exact) mass is 562 g/mol. The Morgan fingerprint density at radius 3 is 2.53 bits per heavy atom. The van der Waals surface area contributed by atoms with Gasteiger partial charge in [0.2, 0.25) is 5.91 Å². The number of amides is 2. The molecule has 1 aromatic carbocycles. The van der Waals surface area contributed by atoms with Gasteiger partial charge in [-0.3, -0.25) is 9.59 Å². The van der Waals surface area contributed by atoms with Crippen LogP contribution < -0.4 is 15.5 Å². The van der Waals surface area contributed by atoms with Crippen LogP contribution in [0.1, 0.15) is 62.7 Å². The highest BCUT2D eigenvalue weighted by atomic mass is 32.2. The molecule has 5 rings (SSSR count). The van der Waals surface area contributed by atoms with E-state index < -0.39 is 26.8 Å². The highest BCUT2D eigenvalue weighted by Crippen LogP contribution is 2.47. The first-order valence-electron chi connectivity index (χ1n) is 13.3. The molecule has 38 heavy (non-hydrogen) atoms. The van der Waals surface area contributed by atoms with Crippen molar-refractivity contribution in [3.63, 3.8) is 0 Å². The van der Waals surface area contributed by atoms with Crippen molar-refractivity contribution in [2.24, 2.45) is 0 Å². The van der Waals surface area contributed by atoms with Crippen LogP contribution in [0.3, 0.4) is 0 Å². The lowest BCUT2D eigenvalue weighted by molar-refractivity contribution is -0.200. The van der Waals surface area contributed by atoms with Gasteiger partial charge in [0.05, 0.1) is 12.2 Å². The van der Waals surface area contributed by atoms with E-state index in [9.17, 15) is 18.0 Å². The number of rotatable bonds is 10. The Bertz CT molecular complexity index is 1230. The molecule has 1 saturated carbocycles. The zero-order valence-corrected chi connectivity index (χ0v) is 22.9. The van der Waals surface area contributed by atoms with Crippen LogP contribution in [0.2, 0.25) is 0 Å². The van der Waals surface area contributed by atoms with Crippen molar-refractivity contribution < 1.29 is 32.3 Å². The van der Waals surface area contributed by atoms with E-state index in [0.717, 1.165) is 42.5 Å². The Morgan fingerprint density at radius 1 is 1.00 bits per heavy atom. The highest BCUT2D eigenvalue weighted by molar-refractivity contribution is 7.92. The fourth-order valence-electron chi connectivity index (χ4n) is 4.95. The molecule has 1 aliphatic carbocycles. The fraction of sp³-hybridized carbons (Fsp3) is 0.556. The molecule has 2 aliphatic heterocycles. The third-order valence-electron chi connectivity index (χ3n) is 7.23. The van der Waals surface area contributed by atoms with Gasteiger partial charge in [0, 0.05) is 28.8 Å². The van der Waals surface area contributed by atoms with Gasteiger partial charge in [0.1, 0.15) is 10.5 Å². The second-order valence-electron chi connectivity index (χ2n) is 10.2. The third kappa shape index (κ3) is 6.39. The Labute approximate surface area is 227 Å². The van der Waals surface area contributed by atoms with Crippen LogP contribution in [0.15, 0.2) is 36.4 Å². The van der Waals surface area contributed by atoms with Crippen LogP contribution in [-0.2, 0) is 33.7 Å². The van der Waals surface area contributed by atoms with E-state index in [1.165, 1.54) is 11.3 Å². The minimum atomic E-state index is -3.57. The van der Waals surface area contributed by atoms with E-state index in [4.69, 9.17) is 14.3 Å². The molecule has 2 atom stereocenters. The molecule has 2 amide bonds. The number of benzene rings is 1. The molecule has 0 radical (unpaired) electrons. The minimum absolute atomic E-state index is 0.0297. The summed E-state index contributed by atoms with van der Waals surface area (Å²) in [6.45, 7) is 0.553. The summed E-state index contributed by atoms with van der Waals surface area (Å²) in [7, 11) is -3.57. The molecule has 0 bridgehead atoms. The zero-order chi connectivity index (χ0) is 26.6. The Hall–Kier alpha value is -2.47. The molecule has 2 N–H and O–H groups in total. The Kier molecular flexibility index (Phi) is 8.37. The number of carbonyl (C=O) groups excluding carboxylic acids is 2.